The lowest BCUT2D eigenvalue weighted by atomic mass is 9.87. The van der Waals surface area contributed by atoms with E-state index in [1.165, 1.54) is 0 Å². The molecule has 1 aromatic rings. The first kappa shape index (κ1) is 33.5. The number of rotatable bonds is 12. The zero-order valence-electron chi connectivity index (χ0n) is 26.0. The van der Waals surface area contributed by atoms with Gasteiger partial charge in [0.15, 0.2) is 0 Å². The first-order chi connectivity index (χ1) is 17.5. The Morgan fingerprint density at radius 3 is 1.95 bits per heavy atom. The molecule has 0 heterocycles. The van der Waals surface area contributed by atoms with Crippen LogP contribution in [0.15, 0.2) is 18.2 Å². The van der Waals surface area contributed by atoms with Crippen LogP contribution in [0.2, 0.25) is 0 Å². The highest BCUT2D eigenvalue weighted by Gasteiger charge is 2.45. The molecule has 0 spiro atoms. The molecular weight excluding hydrogens is 478 g/mol. The van der Waals surface area contributed by atoms with E-state index in [0.717, 1.165) is 29.5 Å². The number of alkyl carbamates (subject to hydrolysis) is 1. The third kappa shape index (κ3) is 9.02. The van der Waals surface area contributed by atoms with Gasteiger partial charge in [-0.2, -0.15) is 0 Å². The summed E-state index contributed by atoms with van der Waals surface area (Å²) in [6.07, 6.45) is 2.42. The van der Waals surface area contributed by atoms with Gasteiger partial charge in [0.2, 0.25) is 11.8 Å². The quantitative estimate of drug-likeness (QED) is 0.318. The summed E-state index contributed by atoms with van der Waals surface area (Å²) in [6.45, 7) is 23.3. The standard InChI is InChI=1S/C31H53N3O4/c1-13-17-23(7)32-27(35)26(24-21(5)18-16-19-22(24)6)34(31(11,12)15-3)28(36)25(20(4)14-2)33-29(37)38-30(8,9)10/h16,18-20,23,25-26H,13-15,17H2,1-12H3,(H,32,35)(H,33,37). The fourth-order valence-corrected chi connectivity index (χ4v) is 4.68. The van der Waals surface area contributed by atoms with E-state index in [4.69, 9.17) is 4.74 Å². The fourth-order valence-electron chi connectivity index (χ4n) is 4.68. The minimum absolute atomic E-state index is 0.0359. The van der Waals surface area contributed by atoms with Crippen molar-refractivity contribution in [1.82, 2.24) is 15.5 Å². The van der Waals surface area contributed by atoms with E-state index in [2.05, 4.69) is 17.6 Å². The Morgan fingerprint density at radius 2 is 1.50 bits per heavy atom. The SMILES string of the molecule is CCCC(C)NC(=O)C(c1c(C)cccc1C)N(C(=O)C(NC(=O)OC(C)(C)C)C(C)CC)C(C)(C)CC. The largest absolute Gasteiger partial charge is 0.444 e. The van der Waals surface area contributed by atoms with Crippen molar-refractivity contribution in [3.8, 4) is 0 Å². The number of amides is 3. The van der Waals surface area contributed by atoms with Crippen LogP contribution < -0.4 is 10.6 Å². The maximum atomic E-state index is 14.6. The summed E-state index contributed by atoms with van der Waals surface area (Å²) in [5.74, 6) is -0.674. The Labute approximate surface area is 231 Å². The number of nitrogens with zero attached hydrogens (tertiary/aromatic N) is 1. The second-order valence-electron chi connectivity index (χ2n) is 12.3. The molecule has 0 aliphatic heterocycles. The molecule has 3 amide bonds. The van der Waals surface area contributed by atoms with Crippen molar-refractivity contribution in [2.24, 2.45) is 5.92 Å². The van der Waals surface area contributed by atoms with E-state index in [9.17, 15) is 14.4 Å². The molecule has 0 bridgehead atoms. The summed E-state index contributed by atoms with van der Waals surface area (Å²) in [6, 6.07) is 4.17. The molecular formula is C31H53N3O4. The summed E-state index contributed by atoms with van der Waals surface area (Å²) in [5, 5.41) is 6.03. The third-order valence-corrected chi connectivity index (χ3v) is 7.34. The van der Waals surface area contributed by atoms with Crippen molar-refractivity contribution in [1.29, 1.82) is 0 Å². The smallest absolute Gasteiger partial charge is 0.408 e. The number of hydrogen-bond acceptors (Lipinski definition) is 4. The van der Waals surface area contributed by atoms with Gasteiger partial charge in [0.1, 0.15) is 17.7 Å². The molecule has 7 nitrogen and oxygen atoms in total. The number of aryl methyl sites for hydroxylation is 2. The van der Waals surface area contributed by atoms with E-state index >= 15 is 0 Å². The lowest BCUT2D eigenvalue weighted by molar-refractivity contribution is -0.150. The number of hydrogen-bond donors (Lipinski definition) is 2. The minimum atomic E-state index is -0.857. The van der Waals surface area contributed by atoms with E-state index in [1.54, 1.807) is 25.7 Å². The maximum absolute atomic E-state index is 14.6. The second kappa shape index (κ2) is 14.0. The molecule has 216 valence electrons. The normalized spacial score (nSPS) is 15.2. The average Bonchev–Trinajstić information content (AvgIpc) is 2.79. The molecule has 0 aliphatic carbocycles. The summed E-state index contributed by atoms with van der Waals surface area (Å²) < 4.78 is 5.51. The molecule has 0 fully saturated rings. The van der Waals surface area contributed by atoms with E-state index in [-0.39, 0.29) is 23.8 Å². The van der Waals surface area contributed by atoms with Crippen LogP contribution in [0, 0.1) is 19.8 Å². The number of ether oxygens (including phenoxy) is 1. The molecule has 0 saturated carbocycles. The lowest BCUT2D eigenvalue weighted by Crippen LogP contribution is -2.61. The fraction of sp³-hybridized carbons (Fsp3) is 0.710. The molecule has 4 atom stereocenters. The predicted molar refractivity (Wildman–Crippen MR) is 155 cm³/mol. The minimum Gasteiger partial charge on any atom is -0.444 e. The van der Waals surface area contributed by atoms with Crippen molar-refractivity contribution in [3.05, 3.63) is 34.9 Å². The monoisotopic (exact) mass is 531 g/mol. The molecule has 0 saturated heterocycles. The average molecular weight is 532 g/mol. The summed E-state index contributed by atoms with van der Waals surface area (Å²) in [5.41, 5.74) is 1.33. The van der Waals surface area contributed by atoms with Gasteiger partial charge < -0.3 is 20.3 Å². The van der Waals surface area contributed by atoms with Crippen LogP contribution in [-0.2, 0) is 14.3 Å². The Hall–Kier alpha value is -2.57. The number of benzene rings is 1. The number of carbonyl (C=O) groups is 3. The Morgan fingerprint density at radius 1 is 0.947 bits per heavy atom. The highest BCUT2D eigenvalue weighted by atomic mass is 16.6. The molecule has 38 heavy (non-hydrogen) atoms. The Kier molecular flexibility index (Phi) is 12.3. The lowest BCUT2D eigenvalue weighted by Gasteiger charge is -2.46. The third-order valence-electron chi connectivity index (χ3n) is 7.34. The van der Waals surface area contributed by atoms with Crippen LogP contribution in [0.25, 0.3) is 0 Å². The van der Waals surface area contributed by atoms with Crippen molar-refractivity contribution in [2.45, 2.75) is 138 Å². The Balaban J connectivity index is 3.79. The molecule has 0 aromatic heterocycles. The Bertz CT molecular complexity index is 931. The van der Waals surface area contributed by atoms with Crippen LogP contribution in [0.3, 0.4) is 0 Å². The van der Waals surface area contributed by atoms with Gasteiger partial charge in [-0.15, -0.1) is 0 Å². The first-order valence-electron chi connectivity index (χ1n) is 14.2. The van der Waals surface area contributed by atoms with Crippen molar-refractivity contribution in [2.75, 3.05) is 0 Å². The first-order valence-corrected chi connectivity index (χ1v) is 14.2. The van der Waals surface area contributed by atoms with Crippen molar-refractivity contribution < 1.29 is 19.1 Å². The number of carbonyl (C=O) groups excluding carboxylic acids is 3. The van der Waals surface area contributed by atoms with Gasteiger partial charge in [-0.1, -0.05) is 58.7 Å². The maximum Gasteiger partial charge on any atom is 0.408 e. The number of nitrogens with one attached hydrogen (secondary N) is 2. The van der Waals surface area contributed by atoms with Crippen LogP contribution in [-0.4, -0.2) is 46.0 Å². The molecule has 0 radical (unpaired) electrons. The molecule has 1 aromatic carbocycles. The van der Waals surface area contributed by atoms with Crippen LogP contribution >= 0.6 is 0 Å². The van der Waals surface area contributed by atoms with Gasteiger partial charge in [0, 0.05) is 11.6 Å². The topological polar surface area (TPSA) is 87.7 Å². The molecule has 1 rings (SSSR count). The molecule has 7 heteroatoms. The second-order valence-corrected chi connectivity index (χ2v) is 12.3. The van der Waals surface area contributed by atoms with Gasteiger partial charge in [0.25, 0.3) is 0 Å². The van der Waals surface area contributed by atoms with Gasteiger partial charge >= 0.3 is 6.09 Å². The van der Waals surface area contributed by atoms with E-state index in [1.807, 2.05) is 73.6 Å². The molecule has 0 aliphatic rings. The van der Waals surface area contributed by atoms with E-state index < -0.39 is 29.3 Å². The highest BCUT2D eigenvalue weighted by molar-refractivity contribution is 5.93. The van der Waals surface area contributed by atoms with E-state index in [0.29, 0.717) is 12.8 Å². The zero-order valence-corrected chi connectivity index (χ0v) is 26.0. The van der Waals surface area contributed by atoms with Crippen molar-refractivity contribution >= 4 is 17.9 Å². The van der Waals surface area contributed by atoms with Crippen LogP contribution in [0.4, 0.5) is 4.79 Å². The molecule has 4 unspecified atom stereocenters. The summed E-state index contributed by atoms with van der Waals surface area (Å²) >= 11 is 0. The predicted octanol–water partition coefficient (Wildman–Crippen LogP) is 6.61. The van der Waals surface area contributed by atoms with Gasteiger partial charge in [0.05, 0.1) is 0 Å². The van der Waals surface area contributed by atoms with Crippen LogP contribution in [0.1, 0.15) is 118 Å². The van der Waals surface area contributed by atoms with Crippen LogP contribution in [0.5, 0.6) is 0 Å². The highest BCUT2D eigenvalue weighted by Crippen LogP contribution is 2.36. The zero-order chi connectivity index (χ0) is 29.4. The summed E-state index contributed by atoms with van der Waals surface area (Å²) in [4.78, 5) is 43.2. The van der Waals surface area contributed by atoms with Gasteiger partial charge in [-0.3, -0.25) is 9.59 Å². The summed E-state index contributed by atoms with van der Waals surface area (Å²) in [7, 11) is 0. The van der Waals surface area contributed by atoms with Crippen molar-refractivity contribution in [3.63, 3.8) is 0 Å². The molecule has 2 N–H and O–H groups in total. The van der Waals surface area contributed by atoms with Gasteiger partial charge in [-0.05, 0) is 90.8 Å². The van der Waals surface area contributed by atoms with Gasteiger partial charge in [-0.25, -0.2) is 4.79 Å².